The number of halogens is 1. The first-order chi connectivity index (χ1) is 11.7. The Morgan fingerprint density at radius 1 is 1.24 bits per heavy atom. The number of hydrogen-bond donors (Lipinski definition) is 2. The van der Waals surface area contributed by atoms with Gasteiger partial charge in [-0.05, 0) is 32.3 Å². The maximum atomic E-state index is 5.61. The standard InChI is InChI=1S/C18H32N4O2.HI/c1-5-19-18(21-11-13-23-12-9-15(3)4)22-14-16-8-7-10-20-17(16)24-6-2;/h7-8,10,15H,5-6,9,11-14H2,1-4H3,(H2,19,21,22);1H. The zero-order valence-corrected chi connectivity index (χ0v) is 18.2. The Bertz CT molecular complexity index is 484. The van der Waals surface area contributed by atoms with Gasteiger partial charge < -0.3 is 20.1 Å². The van der Waals surface area contributed by atoms with Crippen LogP contribution in [0.5, 0.6) is 5.88 Å². The van der Waals surface area contributed by atoms with Gasteiger partial charge in [0.1, 0.15) is 0 Å². The maximum absolute atomic E-state index is 5.61. The highest BCUT2D eigenvalue weighted by Gasteiger charge is 2.04. The molecule has 0 aliphatic rings. The van der Waals surface area contributed by atoms with Crippen LogP contribution in [0.1, 0.15) is 39.7 Å². The third kappa shape index (κ3) is 11.2. The number of nitrogens with zero attached hydrogens (tertiary/aromatic N) is 2. The third-order valence-electron chi connectivity index (χ3n) is 3.26. The molecule has 0 aliphatic carbocycles. The van der Waals surface area contributed by atoms with E-state index < -0.39 is 0 Å². The number of ether oxygens (including phenoxy) is 2. The molecule has 1 aromatic rings. The molecule has 1 heterocycles. The van der Waals surface area contributed by atoms with Gasteiger partial charge >= 0.3 is 0 Å². The summed E-state index contributed by atoms with van der Waals surface area (Å²) in [7, 11) is 0. The van der Waals surface area contributed by atoms with Gasteiger partial charge in [-0.3, -0.25) is 0 Å². The van der Waals surface area contributed by atoms with Crippen molar-refractivity contribution in [2.75, 3.05) is 32.9 Å². The Labute approximate surface area is 169 Å². The van der Waals surface area contributed by atoms with Crippen LogP contribution >= 0.6 is 24.0 Å². The fraction of sp³-hybridized carbons (Fsp3) is 0.667. The van der Waals surface area contributed by atoms with Crippen LogP contribution in [0.2, 0.25) is 0 Å². The molecule has 7 heteroatoms. The summed E-state index contributed by atoms with van der Waals surface area (Å²) in [6.45, 7) is 12.5. The van der Waals surface area contributed by atoms with Crippen LogP contribution in [0.3, 0.4) is 0 Å². The van der Waals surface area contributed by atoms with Crippen LogP contribution in [0.4, 0.5) is 0 Å². The van der Waals surface area contributed by atoms with Gasteiger partial charge in [0.2, 0.25) is 5.88 Å². The number of guanidine groups is 1. The van der Waals surface area contributed by atoms with Crippen LogP contribution in [0.25, 0.3) is 0 Å². The van der Waals surface area contributed by atoms with Gasteiger partial charge in [0.05, 0.1) is 19.8 Å². The number of aliphatic imine (C=N–C) groups is 1. The first kappa shape index (κ1) is 23.9. The molecule has 144 valence electrons. The molecule has 0 saturated heterocycles. The zero-order chi connectivity index (χ0) is 17.6. The molecule has 1 aromatic heterocycles. The van der Waals surface area contributed by atoms with Crippen molar-refractivity contribution >= 4 is 29.9 Å². The average molecular weight is 464 g/mol. The molecule has 6 nitrogen and oxygen atoms in total. The van der Waals surface area contributed by atoms with E-state index in [9.17, 15) is 0 Å². The maximum Gasteiger partial charge on any atom is 0.218 e. The zero-order valence-electron chi connectivity index (χ0n) is 15.9. The lowest BCUT2D eigenvalue weighted by atomic mass is 10.1. The van der Waals surface area contributed by atoms with Crippen LogP contribution in [0, 0.1) is 5.92 Å². The molecule has 0 spiro atoms. The Morgan fingerprint density at radius 2 is 2.04 bits per heavy atom. The molecule has 0 fully saturated rings. The van der Waals surface area contributed by atoms with E-state index >= 15 is 0 Å². The molecule has 1 rings (SSSR count). The van der Waals surface area contributed by atoms with Crippen molar-refractivity contribution in [2.24, 2.45) is 10.9 Å². The number of pyridine rings is 1. The van der Waals surface area contributed by atoms with Crippen molar-refractivity contribution in [2.45, 2.75) is 40.7 Å². The van der Waals surface area contributed by atoms with Gasteiger partial charge in [-0.25, -0.2) is 9.98 Å². The summed E-state index contributed by atoms with van der Waals surface area (Å²) in [6.07, 6.45) is 2.82. The van der Waals surface area contributed by atoms with Crippen LogP contribution < -0.4 is 15.4 Å². The number of aromatic nitrogens is 1. The first-order valence-corrected chi connectivity index (χ1v) is 8.83. The second-order valence-corrected chi connectivity index (χ2v) is 5.82. The Kier molecular flexibility index (Phi) is 14.5. The Hall–Kier alpha value is -1.09. The van der Waals surface area contributed by atoms with Gasteiger partial charge in [0.15, 0.2) is 5.96 Å². The van der Waals surface area contributed by atoms with E-state index in [-0.39, 0.29) is 24.0 Å². The molecule has 0 atom stereocenters. The highest BCUT2D eigenvalue weighted by Crippen LogP contribution is 2.15. The van der Waals surface area contributed by atoms with Gasteiger partial charge in [-0.15, -0.1) is 24.0 Å². The SMILES string of the molecule is CCNC(=NCc1cccnc1OCC)NCCOCCC(C)C.I. The average Bonchev–Trinajstić information content (AvgIpc) is 2.56. The highest BCUT2D eigenvalue weighted by atomic mass is 127. The molecule has 0 aliphatic heterocycles. The molecule has 0 amide bonds. The van der Waals surface area contributed by atoms with Crippen molar-refractivity contribution in [3.63, 3.8) is 0 Å². The van der Waals surface area contributed by atoms with E-state index in [2.05, 4.69) is 34.5 Å². The molecule has 0 unspecified atom stereocenters. The predicted molar refractivity (Wildman–Crippen MR) is 114 cm³/mol. The smallest absolute Gasteiger partial charge is 0.218 e. The molecular weight excluding hydrogens is 431 g/mol. The van der Waals surface area contributed by atoms with Crippen molar-refractivity contribution < 1.29 is 9.47 Å². The van der Waals surface area contributed by atoms with Crippen LogP contribution in [-0.2, 0) is 11.3 Å². The minimum absolute atomic E-state index is 0. The summed E-state index contributed by atoms with van der Waals surface area (Å²) in [4.78, 5) is 8.84. The van der Waals surface area contributed by atoms with E-state index in [0.29, 0.717) is 31.6 Å². The third-order valence-corrected chi connectivity index (χ3v) is 3.26. The monoisotopic (exact) mass is 464 g/mol. The summed E-state index contributed by atoms with van der Waals surface area (Å²) in [5.74, 6) is 2.10. The largest absolute Gasteiger partial charge is 0.478 e. The lowest BCUT2D eigenvalue weighted by molar-refractivity contribution is 0.128. The van der Waals surface area contributed by atoms with Gasteiger partial charge in [-0.1, -0.05) is 19.9 Å². The summed E-state index contributed by atoms with van der Waals surface area (Å²) < 4.78 is 11.1. The molecule has 2 N–H and O–H groups in total. The molecular formula is C18H33IN4O2. The van der Waals surface area contributed by atoms with Crippen molar-refractivity contribution in [3.8, 4) is 5.88 Å². The summed E-state index contributed by atoms with van der Waals surface area (Å²) in [5.41, 5.74) is 0.977. The van der Waals surface area contributed by atoms with Crippen molar-refractivity contribution in [3.05, 3.63) is 23.9 Å². The normalized spacial score (nSPS) is 11.2. The van der Waals surface area contributed by atoms with Gasteiger partial charge in [0, 0.05) is 31.5 Å². The first-order valence-electron chi connectivity index (χ1n) is 8.83. The number of hydrogen-bond acceptors (Lipinski definition) is 4. The van der Waals surface area contributed by atoms with Crippen molar-refractivity contribution in [1.29, 1.82) is 0 Å². The lowest BCUT2D eigenvalue weighted by Gasteiger charge is -2.12. The molecule has 25 heavy (non-hydrogen) atoms. The Balaban J connectivity index is 0.00000576. The Morgan fingerprint density at radius 3 is 2.72 bits per heavy atom. The molecule has 0 saturated carbocycles. The van der Waals surface area contributed by atoms with E-state index in [1.807, 2.05) is 26.0 Å². The fourth-order valence-corrected chi connectivity index (χ4v) is 1.98. The van der Waals surface area contributed by atoms with Crippen LogP contribution in [0.15, 0.2) is 23.3 Å². The molecule has 0 radical (unpaired) electrons. The van der Waals surface area contributed by atoms with Crippen LogP contribution in [-0.4, -0.2) is 43.9 Å². The minimum atomic E-state index is 0. The van der Waals surface area contributed by atoms with E-state index in [1.54, 1.807) is 6.20 Å². The second-order valence-electron chi connectivity index (χ2n) is 5.82. The molecule has 0 bridgehead atoms. The summed E-state index contributed by atoms with van der Waals surface area (Å²) in [6, 6.07) is 3.89. The summed E-state index contributed by atoms with van der Waals surface area (Å²) >= 11 is 0. The number of rotatable bonds is 11. The highest BCUT2D eigenvalue weighted by molar-refractivity contribution is 14.0. The van der Waals surface area contributed by atoms with E-state index in [0.717, 1.165) is 37.6 Å². The number of nitrogens with one attached hydrogen (secondary N) is 2. The summed E-state index contributed by atoms with van der Waals surface area (Å²) in [5, 5.41) is 6.52. The quantitative estimate of drug-likeness (QED) is 0.228. The molecule has 0 aromatic carbocycles. The topological polar surface area (TPSA) is 67.8 Å². The predicted octanol–water partition coefficient (Wildman–Crippen LogP) is 3.22. The van der Waals surface area contributed by atoms with E-state index in [4.69, 9.17) is 9.47 Å². The van der Waals surface area contributed by atoms with Gasteiger partial charge in [0.25, 0.3) is 0 Å². The van der Waals surface area contributed by atoms with E-state index in [1.165, 1.54) is 0 Å². The van der Waals surface area contributed by atoms with Crippen molar-refractivity contribution in [1.82, 2.24) is 15.6 Å². The fourth-order valence-electron chi connectivity index (χ4n) is 1.98. The lowest BCUT2D eigenvalue weighted by Crippen LogP contribution is -2.39. The second kappa shape index (κ2) is 15.2. The minimum Gasteiger partial charge on any atom is -0.478 e. The van der Waals surface area contributed by atoms with Gasteiger partial charge in [-0.2, -0.15) is 0 Å².